The summed E-state index contributed by atoms with van der Waals surface area (Å²) in [7, 11) is 0. The Morgan fingerprint density at radius 3 is 2.09 bits per heavy atom. The summed E-state index contributed by atoms with van der Waals surface area (Å²) in [6, 6.07) is 13.7. The Morgan fingerprint density at radius 1 is 0.889 bits per heavy atom. The molecule has 45 heavy (non-hydrogen) atoms. The van der Waals surface area contributed by atoms with Crippen molar-refractivity contribution in [3.05, 3.63) is 71.3 Å². The van der Waals surface area contributed by atoms with E-state index in [0.717, 1.165) is 24.0 Å². The van der Waals surface area contributed by atoms with Gasteiger partial charge in [0.1, 0.15) is 29.3 Å². The van der Waals surface area contributed by atoms with Gasteiger partial charge in [-0.1, -0.05) is 60.2 Å². The summed E-state index contributed by atoms with van der Waals surface area (Å²) in [4.78, 5) is 56.7. The Morgan fingerprint density at radius 2 is 1.53 bits per heavy atom. The maximum absolute atomic E-state index is 14.4. The molecule has 3 atom stereocenters. The van der Waals surface area contributed by atoms with E-state index in [4.69, 9.17) is 9.47 Å². The summed E-state index contributed by atoms with van der Waals surface area (Å²) in [5.74, 6) is -0.801. The number of amides is 3. The average Bonchev–Trinajstić information content (AvgIpc) is 3.77. The minimum absolute atomic E-state index is 0.194. The molecule has 9 nitrogen and oxygen atoms in total. The molecule has 0 bridgehead atoms. The van der Waals surface area contributed by atoms with Crippen molar-refractivity contribution in [1.82, 2.24) is 15.5 Å². The van der Waals surface area contributed by atoms with Gasteiger partial charge in [-0.3, -0.25) is 9.59 Å². The van der Waals surface area contributed by atoms with Crippen LogP contribution in [0.2, 0.25) is 0 Å². The Kier molecular flexibility index (Phi) is 12.5. The first-order chi connectivity index (χ1) is 21.1. The Labute approximate surface area is 272 Å². The van der Waals surface area contributed by atoms with Gasteiger partial charge in [-0.15, -0.1) is 0 Å². The van der Waals surface area contributed by atoms with Crippen LogP contribution >= 0.6 is 11.8 Å². The first kappa shape index (κ1) is 35.9. The van der Waals surface area contributed by atoms with E-state index in [-0.39, 0.29) is 18.4 Å². The number of hydrogen-bond donors (Lipinski definition) is 2. The minimum Gasteiger partial charge on any atom is -0.458 e. The maximum atomic E-state index is 14.4. The lowest BCUT2D eigenvalue weighted by Crippen LogP contribution is -2.55. The molecule has 0 spiro atoms. The molecule has 1 saturated carbocycles. The molecule has 0 saturated heterocycles. The van der Waals surface area contributed by atoms with Crippen molar-refractivity contribution in [3.63, 3.8) is 0 Å². The van der Waals surface area contributed by atoms with Crippen LogP contribution in [0.25, 0.3) is 0 Å². The highest BCUT2D eigenvalue weighted by molar-refractivity contribution is 7.98. The third-order valence-corrected chi connectivity index (χ3v) is 7.61. The van der Waals surface area contributed by atoms with Crippen LogP contribution in [0, 0.1) is 6.92 Å². The van der Waals surface area contributed by atoms with Gasteiger partial charge in [-0.25, -0.2) is 9.59 Å². The zero-order valence-corrected chi connectivity index (χ0v) is 28.7. The summed E-state index contributed by atoms with van der Waals surface area (Å²) in [5, 5.41) is 5.73. The van der Waals surface area contributed by atoms with Crippen molar-refractivity contribution in [2.75, 3.05) is 12.0 Å². The summed E-state index contributed by atoms with van der Waals surface area (Å²) < 4.78 is 11.2. The Bertz CT molecular complexity index is 1320. The van der Waals surface area contributed by atoms with Gasteiger partial charge >= 0.3 is 12.1 Å². The highest BCUT2D eigenvalue weighted by atomic mass is 32.2. The lowest BCUT2D eigenvalue weighted by Gasteiger charge is -2.35. The molecule has 1 aliphatic rings. The summed E-state index contributed by atoms with van der Waals surface area (Å²) in [6.07, 6.45) is 3.27. The predicted molar refractivity (Wildman–Crippen MR) is 178 cm³/mol. The van der Waals surface area contributed by atoms with Crippen LogP contribution in [-0.4, -0.2) is 70.1 Å². The topological polar surface area (TPSA) is 114 Å². The van der Waals surface area contributed by atoms with Crippen molar-refractivity contribution in [2.24, 2.45) is 0 Å². The normalized spacial score (nSPS) is 15.3. The number of aryl methyl sites for hydroxylation is 1. The van der Waals surface area contributed by atoms with Crippen LogP contribution in [0.1, 0.15) is 83.5 Å². The van der Waals surface area contributed by atoms with E-state index in [1.165, 1.54) is 0 Å². The molecule has 1 aliphatic carbocycles. The van der Waals surface area contributed by atoms with Gasteiger partial charge in [-0.05, 0) is 90.9 Å². The van der Waals surface area contributed by atoms with Crippen LogP contribution in [-0.2, 0) is 30.3 Å². The van der Waals surface area contributed by atoms with Gasteiger partial charge in [0.05, 0.1) is 0 Å². The number of carbonyl (C=O) groups excluding carboxylic acids is 4. The number of hydrogen-bond acceptors (Lipinski definition) is 7. The maximum Gasteiger partial charge on any atom is 0.408 e. The molecule has 3 unspecified atom stereocenters. The molecule has 3 amide bonds. The van der Waals surface area contributed by atoms with Gasteiger partial charge in [0.2, 0.25) is 11.8 Å². The second-order valence-corrected chi connectivity index (χ2v) is 14.5. The van der Waals surface area contributed by atoms with E-state index < -0.39 is 47.3 Å². The molecule has 3 rings (SSSR count). The van der Waals surface area contributed by atoms with Crippen molar-refractivity contribution in [2.45, 2.75) is 110 Å². The standard InChI is InChI=1S/C35H49N3O6S/c1-23-13-12-16-25(21-23)29(30(39)36-28(32(41)43-34(2,3)4)22-24-14-10-9-11-15-24)38(26-17-18-26)31(40)27(19-20-45-8)37-33(42)44-35(5,6)7/h9-16,21,26-29H,17-20,22H2,1-8H3,(H,36,39)(H,37,42). The SMILES string of the molecule is CSCCC(NC(=O)OC(C)(C)C)C(=O)N(C1CC1)C(C(=O)NC(Cc1ccccc1)C(=O)OC(C)(C)C)c1cccc(C)c1. The largest absolute Gasteiger partial charge is 0.458 e. The van der Waals surface area contributed by atoms with Crippen molar-refractivity contribution in [3.8, 4) is 0 Å². The molecule has 246 valence electrons. The third kappa shape index (κ3) is 11.7. The van der Waals surface area contributed by atoms with E-state index in [9.17, 15) is 19.2 Å². The molecule has 2 N–H and O–H groups in total. The lowest BCUT2D eigenvalue weighted by molar-refractivity contribution is -0.159. The second-order valence-electron chi connectivity index (χ2n) is 13.6. The number of esters is 1. The van der Waals surface area contributed by atoms with Gasteiger partial charge in [0.15, 0.2) is 0 Å². The number of ether oxygens (including phenoxy) is 2. The highest BCUT2D eigenvalue weighted by Crippen LogP contribution is 2.36. The molecule has 0 radical (unpaired) electrons. The molecular formula is C35H49N3O6S. The minimum atomic E-state index is -1.04. The van der Waals surface area contributed by atoms with E-state index in [0.29, 0.717) is 17.7 Å². The van der Waals surface area contributed by atoms with Gasteiger partial charge < -0.3 is 25.0 Å². The monoisotopic (exact) mass is 639 g/mol. The van der Waals surface area contributed by atoms with E-state index in [1.807, 2.05) is 67.8 Å². The average molecular weight is 640 g/mol. The molecular weight excluding hydrogens is 590 g/mol. The molecule has 0 heterocycles. The van der Waals surface area contributed by atoms with Gasteiger partial charge in [0, 0.05) is 12.5 Å². The van der Waals surface area contributed by atoms with Crippen molar-refractivity contribution in [1.29, 1.82) is 0 Å². The smallest absolute Gasteiger partial charge is 0.408 e. The van der Waals surface area contributed by atoms with Crippen LogP contribution in [0.3, 0.4) is 0 Å². The zero-order valence-electron chi connectivity index (χ0n) is 27.8. The number of benzene rings is 2. The fraction of sp³-hybridized carbons (Fsp3) is 0.543. The summed E-state index contributed by atoms with van der Waals surface area (Å²) in [6.45, 7) is 12.5. The van der Waals surface area contributed by atoms with Crippen LogP contribution in [0.5, 0.6) is 0 Å². The Balaban J connectivity index is 2.02. The van der Waals surface area contributed by atoms with Gasteiger partial charge in [0.25, 0.3) is 0 Å². The number of alkyl carbamates (subject to hydrolysis) is 1. The van der Waals surface area contributed by atoms with E-state index in [1.54, 1.807) is 58.2 Å². The number of rotatable bonds is 13. The number of carbonyl (C=O) groups is 4. The van der Waals surface area contributed by atoms with Crippen molar-refractivity contribution >= 4 is 35.6 Å². The third-order valence-electron chi connectivity index (χ3n) is 6.97. The molecule has 0 aromatic heterocycles. The number of nitrogens with one attached hydrogen (secondary N) is 2. The number of thioether (sulfide) groups is 1. The van der Waals surface area contributed by atoms with Crippen molar-refractivity contribution < 1.29 is 28.7 Å². The number of nitrogens with zero attached hydrogens (tertiary/aromatic N) is 1. The molecule has 1 fully saturated rings. The van der Waals surface area contributed by atoms with E-state index in [2.05, 4.69) is 10.6 Å². The lowest BCUT2D eigenvalue weighted by atomic mass is 9.99. The zero-order chi connectivity index (χ0) is 33.4. The van der Waals surface area contributed by atoms with Crippen LogP contribution < -0.4 is 10.6 Å². The predicted octanol–water partition coefficient (Wildman–Crippen LogP) is 5.74. The summed E-state index contributed by atoms with van der Waals surface area (Å²) >= 11 is 1.56. The van der Waals surface area contributed by atoms with Crippen LogP contribution in [0.15, 0.2) is 54.6 Å². The Hall–Kier alpha value is -3.53. The fourth-order valence-corrected chi connectivity index (χ4v) is 5.41. The quantitative estimate of drug-likeness (QED) is 0.269. The first-order valence-corrected chi connectivity index (χ1v) is 16.9. The fourth-order valence-electron chi connectivity index (χ4n) is 4.94. The molecule has 2 aromatic rings. The van der Waals surface area contributed by atoms with E-state index >= 15 is 0 Å². The molecule has 0 aliphatic heterocycles. The van der Waals surface area contributed by atoms with Crippen LogP contribution in [0.4, 0.5) is 4.79 Å². The first-order valence-electron chi connectivity index (χ1n) is 15.5. The summed E-state index contributed by atoms with van der Waals surface area (Å²) in [5.41, 5.74) is 0.894. The molecule has 2 aromatic carbocycles. The van der Waals surface area contributed by atoms with Gasteiger partial charge in [-0.2, -0.15) is 11.8 Å². The second kappa shape index (κ2) is 15.7. The molecule has 10 heteroatoms. The highest BCUT2D eigenvalue weighted by Gasteiger charge is 2.45.